The summed E-state index contributed by atoms with van der Waals surface area (Å²) in [4.78, 5) is 15.2. The third-order valence-corrected chi connectivity index (χ3v) is 2.13. The van der Waals surface area contributed by atoms with Crippen molar-refractivity contribution in [2.75, 3.05) is 14.2 Å². The number of ether oxygens (including phenoxy) is 2. The molecule has 0 N–H and O–H groups in total. The van der Waals surface area contributed by atoms with Gasteiger partial charge in [-0.1, -0.05) is 5.16 Å². The number of esters is 1. The van der Waals surface area contributed by atoms with Crippen LogP contribution in [0.1, 0.15) is 10.5 Å². The molecule has 6 nitrogen and oxygen atoms in total. The number of methoxy groups -OCH3 is 2. The van der Waals surface area contributed by atoms with E-state index in [2.05, 4.69) is 14.9 Å². The minimum absolute atomic E-state index is 0.105. The molecule has 0 saturated carbocycles. The molecule has 17 heavy (non-hydrogen) atoms. The van der Waals surface area contributed by atoms with Crippen molar-refractivity contribution in [2.24, 2.45) is 0 Å². The molecule has 2 aromatic heterocycles. The maximum atomic E-state index is 11.2. The van der Waals surface area contributed by atoms with E-state index in [4.69, 9.17) is 9.26 Å². The van der Waals surface area contributed by atoms with Gasteiger partial charge in [0.25, 0.3) is 0 Å². The Morgan fingerprint density at radius 3 is 2.94 bits per heavy atom. The average Bonchev–Trinajstić information content (AvgIpc) is 2.87. The number of pyridine rings is 1. The van der Waals surface area contributed by atoms with Gasteiger partial charge in [0.2, 0.25) is 5.88 Å². The maximum Gasteiger partial charge on any atom is 0.360 e. The Morgan fingerprint density at radius 1 is 1.41 bits per heavy atom. The molecule has 0 aliphatic heterocycles. The first kappa shape index (κ1) is 11.1. The largest absolute Gasteiger partial charge is 0.480 e. The molecule has 0 radical (unpaired) electrons. The molecule has 0 unspecified atom stereocenters. The van der Waals surface area contributed by atoms with E-state index in [1.165, 1.54) is 20.3 Å². The van der Waals surface area contributed by atoms with Crippen LogP contribution in [0.15, 0.2) is 28.9 Å². The summed E-state index contributed by atoms with van der Waals surface area (Å²) in [6.07, 6.45) is 1.60. The average molecular weight is 234 g/mol. The first-order chi connectivity index (χ1) is 8.26. The van der Waals surface area contributed by atoms with Gasteiger partial charge in [0.15, 0.2) is 11.5 Å². The van der Waals surface area contributed by atoms with Crippen molar-refractivity contribution in [3.05, 3.63) is 30.1 Å². The molecule has 0 aliphatic carbocycles. The van der Waals surface area contributed by atoms with Crippen LogP contribution in [0.3, 0.4) is 0 Å². The van der Waals surface area contributed by atoms with Crippen LogP contribution in [0.25, 0.3) is 11.3 Å². The molecule has 0 saturated heterocycles. The molecule has 6 heteroatoms. The highest BCUT2D eigenvalue weighted by Crippen LogP contribution is 2.27. The highest BCUT2D eigenvalue weighted by atomic mass is 16.5. The third-order valence-electron chi connectivity index (χ3n) is 2.13. The Bertz CT molecular complexity index is 536. The van der Waals surface area contributed by atoms with Gasteiger partial charge in [0.05, 0.1) is 19.8 Å². The molecule has 88 valence electrons. The van der Waals surface area contributed by atoms with Crippen LogP contribution in [-0.4, -0.2) is 30.3 Å². The van der Waals surface area contributed by atoms with E-state index in [0.29, 0.717) is 17.2 Å². The van der Waals surface area contributed by atoms with E-state index < -0.39 is 5.97 Å². The lowest BCUT2D eigenvalue weighted by molar-refractivity contribution is 0.0589. The minimum atomic E-state index is -0.553. The number of carbonyl (C=O) groups excluding carboxylic acids is 1. The first-order valence-electron chi connectivity index (χ1n) is 4.80. The monoisotopic (exact) mass is 234 g/mol. The summed E-state index contributed by atoms with van der Waals surface area (Å²) < 4.78 is 14.7. The molecule has 2 rings (SSSR count). The third kappa shape index (κ3) is 2.10. The number of rotatable bonds is 3. The topological polar surface area (TPSA) is 74.5 Å². The summed E-state index contributed by atoms with van der Waals surface area (Å²) in [6.45, 7) is 0. The Morgan fingerprint density at radius 2 is 2.24 bits per heavy atom. The highest BCUT2D eigenvalue weighted by molar-refractivity contribution is 5.88. The summed E-state index contributed by atoms with van der Waals surface area (Å²) in [5.41, 5.74) is 0.728. The predicted molar refractivity (Wildman–Crippen MR) is 57.6 cm³/mol. The summed E-state index contributed by atoms with van der Waals surface area (Å²) in [5.74, 6) is 0.248. The molecule has 0 spiro atoms. The van der Waals surface area contributed by atoms with Crippen LogP contribution in [0, 0.1) is 0 Å². The summed E-state index contributed by atoms with van der Waals surface area (Å²) in [7, 11) is 2.78. The van der Waals surface area contributed by atoms with Gasteiger partial charge in [-0.15, -0.1) is 0 Å². The smallest absolute Gasteiger partial charge is 0.360 e. The molecule has 2 aromatic rings. The van der Waals surface area contributed by atoms with Crippen LogP contribution in [0.2, 0.25) is 0 Å². The summed E-state index contributed by atoms with van der Waals surface area (Å²) in [6, 6.07) is 4.97. The molecule has 0 amide bonds. The fourth-order valence-corrected chi connectivity index (χ4v) is 1.34. The lowest BCUT2D eigenvalue weighted by Crippen LogP contribution is -2.00. The number of carbonyl (C=O) groups is 1. The Labute approximate surface area is 97.2 Å². The van der Waals surface area contributed by atoms with Crippen molar-refractivity contribution in [1.29, 1.82) is 0 Å². The van der Waals surface area contributed by atoms with Gasteiger partial charge in [0, 0.05) is 12.3 Å². The molecule has 0 bridgehead atoms. The fraction of sp³-hybridized carbons (Fsp3) is 0.182. The van der Waals surface area contributed by atoms with Crippen molar-refractivity contribution in [2.45, 2.75) is 0 Å². The van der Waals surface area contributed by atoms with E-state index in [1.807, 2.05) is 0 Å². The van der Waals surface area contributed by atoms with E-state index in [-0.39, 0.29) is 5.69 Å². The lowest BCUT2D eigenvalue weighted by atomic mass is 10.2. The van der Waals surface area contributed by atoms with Gasteiger partial charge in [-0.2, -0.15) is 0 Å². The van der Waals surface area contributed by atoms with Crippen molar-refractivity contribution < 1.29 is 18.8 Å². The van der Waals surface area contributed by atoms with Crippen molar-refractivity contribution >= 4 is 5.97 Å². The number of nitrogens with zero attached hydrogens (tertiary/aromatic N) is 2. The Hall–Kier alpha value is -2.37. The predicted octanol–water partition coefficient (Wildman–Crippen LogP) is 1.53. The van der Waals surface area contributed by atoms with E-state index >= 15 is 0 Å². The summed E-state index contributed by atoms with van der Waals surface area (Å²) >= 11 is 0. The molecule has 2 heterocycles. The Kier molecular flexibility index (Phi) is 3.04. The minimum Gasteiger partial charge on any atom is -0.480 e. The molecule has 0 aliphatic rings. The van der Waals surface area contributed by atoms with E-state index in [0.717, 1.165) is 0 Å². The van der Waals surface area contributed by atoms with E-state index in [9.17, 15) is 4.79 Å². The Balaban J connectivity index is 2.40. The second-order valence-electron chi connectivity index (χ2n) is 3.13. The van der Waals surface area contributed by atoms with E-state index in [1.54, 1.807) is 18.3 Å². The number of aromatic nitrogens is 2. The van der Waals surface area contributed by atoms with Gasteiger partial charge in [0.1, 0.15) is 0 Å². The van der Waals surface area contributed by atoms with Crippen molar-refractivity contribution in [1.82, 2.24) is 10.1 Å². The van der Waals surface area contributed by atoms with Crippen LogP contribution >= 0.6 is 0 Å². The van der Waals surface area contributed by atoms with Gasteiger partial charge in [-0.25, -0.2) is 9.78 Å². The zero-order chi connectivity index (χ0) is 12.3. The molecule has 0 fully saturated rings. The molecule has 0 atom stereocenters. The molecule has 0 aromatic carbocycles. The van der Waals surface area contributed by atoms with Crippen molar-refractivity contribution in [3.8, 4) is 17.2 Å². The van der Waals surface area contributed by atoms with Gasteiger partial charge in [-0.3, -0.25) is 0 Å². The van der Waals surface area contributed by atoms with Crippen molar-refractivity contribution in [3.63, 3.8) is 0 Å². The van der Waals surface area contributed by atoms with Crippen LogP contribution in [0.4, 0.5) is 0 Å². The second kappa shape index (κ2) is 4.65. The highest BCUT2D eigenvalue weighted by Gasteiger charge is 2.16. The number of hydrogen-bond donors (Lipinski definition) is 0. The SMILES string of the molecule is COC(=O)c1cc(-c2cccnc2OC)on1. The standard InChI is InChI=1S/C11H10N2O4/c1-15-10-7(4-3-5-12-10)9-6-8(13-17-9)11(14)16-2/h3-6H,1-2H3. The molecular formula is C11H10N2O4. The van der Waals surface area contributed by atoms with Gasteiger partial charge in [-0.05, 0) is 12.1 Å². The zero-order valence-electron chi connectivity index (χ0n) is 9.34. The van der Waals surface area contributed by atoms with Crippen LogP contribution in [-0.2, 0) is 4.74 Å². The van der Waals surface area contributed by atoms with Gasteiger partial charge < -0.3 is 14.0 Å². The summed E-state index contributed by atoms with van der Waals surface area (Å²) in [5, 5.41) is 3.61. The van der Waals surface area contributed by atoms with Crippen LogP contribution < -0.4 is 4.74 Å². The first-order valence-corrected chi connectivity index (χ1v) is 4.80. The molecular weight excluding hydrogens is 224 g/mol. The van der Waals surface area contributed by atoms with Gasteiger partial charge >= 0.3 is 5.97 Å². The zero-order valence-corrected chi connectivity index (χ0v) is 9.34. The second-order valence-corrected chi connectivity index (χ2v) is 3.13. The normalized spacial score (nSPS) is 10.0. The quantitative estimate of drug-likeness (QED) is 0.750. The maximum absolute atomic E-state index is 11.2. The number of hydrogen-bond acceptors (Lipinski definition) is 6. The fourth-order valence-electron chi connectivity index (χ4n) is 1.34. The van der Waals surface area contributed by atoms with Crippen LogP contribution in [0.5, 0.6) is 5.88 Å². The lowest BCUT2D eigenvalue weighted by Gasteiger charge is -2.02.